The molecular formula is C12H14N2OS. The summed E-state index contributed by atoms with van der Waals surface area (Å²) >= 11 is 1.49. The lowest BCUT2D eigenvalue weighted by molar-refractivity contribution is 0.281. The lowest BCUT2D eigenvalue weighted by Crippen LogP contribution is -1.99. The summed E-state index contributed by atoms with van der Waals surface area (Å²) in [5, 5.41) is 14.9. The number of nitrogens with one attached hydrogen (secondary N) is 1. The monoisotopic (exact) mass is 234 g/mol. The largest absolute Gasteiger partial charge is 0.389 e. The molecule has 0 aliphatic rings. The van der Waals surface area contributed by atoms with E-state index in [4.69, 9.17) is 5.11 Å². The predicted molar refractivity (Wildman–Crippen MR) is 66.5 cm³/mol. The van der Waals surface area contributed by atoms with Crippen molar-refractivity contribution in [1.82, 2.24) is 4.98 Å². The molecule has 84 valence electrons. The molecule has 3 nitrogen and oxygen atoms in total. The highest BCUT2D eigenvalue weighted by atomic mass is 32.1. The third-order valence-corrected chi connectivity index (χ3v) is 3.14. The first-order valence-corrected chi connectivity index (χ1v) is 6.00. The standard InChI is InChI=1S/C12H14N2OS/c1-9-2-4-10(5-3-9)13-6-11-8-16-12(7-15)14-11/h2-5,8,13,15H,6-7H2,1H3. The Labute approximate surface area is 98.8 Å². The molecule has 0 radical (unpaired) electrons. The van der Waals surface area contributed by atoms with Crippen LogP contribution >= 0.6 is 11.3 Å². The van der Waals surface area contributed by atoms with Gasteiger partial charge in [-0.05, 0) is 19.1 Å². The predicted octanol–water partition coefficient (Wildman–Crippen LogP) is 2.56. The van der Waals surface area contributed by atoms with Gasteiger partial charge in [0.2, 0.25) is 0 Å². The molecule has 0 amide bonds. The third kappa shape index (κ3) is 2.81. The SMILES string of the molecule is Cc1ccc(NCc2csc(CO)n2)cc1. The van der Waals surface area contributed by atoms with Crippen molar-refractivity contribution < 1.29 is 5.11 Å². The maximum Gasteiger partial charge on any atom is 0.118 e. The van der Waals surface area contributed by atoms with E-state index in [1.165, 1.54) is 16.9 Å². The van der Waals surface area contributed by atoms with Gasteiger partial charge in [0.25, 0.3) is 0 Å². The summed E-state index contributed by atoms with van der Waals surface area (Å²) in [6.07, 6.45) is 0. The number of aryl methyl sites for hydroxylation is 1. The lowest BCUT2D eigenvalue weighted by atomic mass is 10.2. The number of rotatable bonds is 4. The van der Waals surface area contributed by atoms with Crippen LogP contribution in [0.4, 0.5) is 5.69 Å². The van der Waals surface area contributed by atoms with Crippen LogP contribution in [0.3, 0.4) is 0 Å². The van der Waals surface area contributed by atoms with E-state index in [2.05, 4.69) is 41.5 Å². The highest BCUT2D eigenvalue weighted by Gasteiger charge is 2.00. The quantitative estimate of drug-likeness (QED) is 0.854. The number of aliphatic hydroxyl groups is 1. The molecule has 0 atom stereocenters. The summed E-state index contributed by atoms with van der Waals surface area (Å²) in [4.78, 5) is 4.27. The second kappa shape index (κ2) is 5.09. The number of aliphatic hydroxyl groups excluding tert-OH is 1. The van der Waals surface area contributed by atoms with E-state index in [1.54, 1.807) is 0 Å². The van der Waals surface area contributed by atoms with Gasteiger partial charge >= 0.3 is 0 Å². The van der Waals surface area contributed by atoms with Gasteiger partial charge in [0.1, 0.15) is 5.01 Å². The van der Waals surface area contributed by atoms with Crippen molar-refractivity contribution in [2.45, 2.75) is 20.1 Å². The first kappa shape index (κ1) is 11.1. The molecule has 0 saturated heterocycles. The minimum absolute atomic E-state index is 0.0230. The minimum Gasteiger partial charge on any atom is -0.389 e. The van der Waals surface area contributed by atoms with Gasteiger partial charge in [-0.1, -0.05) is 17.7 Å². The van der Waals surface area contributed by atoms with Gasteiger partial charge in [0.15, 0.2) is 0 Å². The van der Waals surface area contributed by atoms with Crippen molar-refractivity contribution in [1.29, 1.82) is 0 Å². The molecule has 0 fully saturated rings. The average Bonchev–Trinajstić information content (AvgIpc) is 2.76. The Bertz CT molecular complexity index is 450. The summed E-state index contributed by atoms with van der Waals surface area (Å²) in [7, 11) is 0. The highest BCUT2D eigenvalue weighted by molar-refractivity contribution is 7.09. The van der Waals surface area contributed by atoms with Crippen molar-refractivity contribution in [3.63, 3.8) is 0 Å². The molecule has 16 heavy (non-hydrogen) atoms. The van der Waals surface area contributed by atoms with E-state index in [1.807, 2.05) is 5.38 Å². The summed E-state index contributed by atoms with van der Waals surface area (Å²) in [5.41, 5.74) is 3.31. The van der Waals surface area contributed by atoms with Crippen molar-refractivity contribution in [3.8, 4) is 0 Å². The molecule has 0 unspecified atom stereocenters. The summed E-state index contributed by atoms with van der Waals surface area (Å²) in [6, 6.07) is 8.24. The smallest absolute Gasteiger partial charge is 0.118 e. The van der Waals surface area contributed by atoms with Gasteiger partial charge in [0, 0.05) is 11.1 Å². The van der Waals surface area contributed by atoms with Crippen LogP contribution in [0, 0.1) is 6.92 Å². The fraction of sp³-hybridized carbons (Fsp3) is 0.250. The van der Waals surface area contributed by atoms with E-state index in [0.29, 0.717) is 6.54 Å². The van der Waals surface area contributed by atoms with Crippen molar-refractivity contribution in [2.24, 2.45) is 0 Å². The number of nitrogens with zero attached hydrogens (tertiary/aromatic N) is 1. The maximum atomic E-state index is 8.89. The van der Waals surface area contributed by atoms with Crippen molar-refractivity contribution >= 4 is 17.0 Å². The topological polar surface area (TPSA) is 45.1 Å². The normalized spacial score (nSPS) is 10.4. The Kier molecular flexibility index (Phi) is 3.54. The molecule has 4 heteroatoms. The maximum absolute atomic E-state index is 8.89. The van der Waals surface area contributed by atoms with Crippen LogP contribution in [0.1, 0.15) is 16.3 Å². The number of aromatic nitrogens is 1. The first-order chi connectivity index (χ1) is 7.78. The van der Waals surface area contributed by atoms with Gasteiger partial charge in [-0.3, -0.25) is 0 Å². The molecule has 1 aromatic carbocycles. The van der Waals surface area contributed by atoms with Crippen LogP contribution in [0.5, 0.6) is 0 Å². The van der Waals surface area contributed by atoms with Crippen LogP contribution in [0.2, 0.25) is 0 Å². The molecule has 0 bridgehead atoms. The van der Waals surface area contributed by atoms with Crippen molar-refractivity contribution in [3.05, 3.63) is 45.9 Å². The summed E-state index contributed by atoms with van der Waals surface area (Å²) in [6.45, 7) is 2.78. The fourth-order valence-electron chi connectivity index (χ4n) is 1.37. The Morgan fingerprint density at radius 1 is 1.31 bits per heavy atom. The van der Waals surface area contributed by atoms with E-state index in [9.17, 15) is 0 Å². The van der Waals surface area contributed by atoms with E-state index in [-0.39, 0.29) is 6.61 Å². The van der Waals surface area contributed by atoms with Gasteiger partial charge in [-0.2, -0.15) is 0 Å². The zero-order valence-electron chi connectivity index (χ0n) is 9.10. The van der Waals surface area contributed by atoms with Gasteiger partial charge in [-0.15, -0.1) is 11.3 Å². The van der Waals surface area contributed by atoms with Crippen LogP contribution in [0.25, 0.3) is 0 Å². The van der Waals surface area contributed by atoms with Gasteiger partial charge in [0.05, 0.1) is 18.8 Å². The minimum atomic E-state index is 0.0230. The van der Waals surface area contributed by atoms with E-state index < -0.39 is 0 Å². The molecule has 1 heterocycles. The zero-order valence-corrected chi connectivity index (χ0v) is 9.92. The molecule has 0 aliphatic carbocycles. The molecule has 0 aliphatic heterocycles. The van der Waals surface area contributed by atoms with Crippen molar-refractivity contribution in [2.75, 3.05) is 5.32 Å². The first-order valence-electron chi connectivity index (χ1n) is 5.12. The Morgan fingerprint density at radius 3 is 2.69 bits per heavy atom. The molecule has 2 rings (SSSR count). The number of thiazole rings is 1. The van der Waals surface area contributed by atoms with Crippen LogP contribution in [-0.2, 0) is 13.2 Å². The molecule has 0 spiro atoms. The average molecular weight is 234 g/mol. The number of hydrogen-bond acceptors (Lipinski definition) is 4. The lowest BCUT2D eigenvalue weighted by Gasteiger charge is -2.04. The highest BCUT2D eigenvalue weighted by Crippen LogP contribution is 2.13. The number of anilines is 1. The fourth-order valence-corrected chi connectivity index (χ4v) is 2.02. The van der Waals surface area contributed by atoms with E-state index in [0.717, 1.165) is 16.4 Å². The molecule has 1 aromatic heterocycles. The van der Waals surface area contributed by atoms with Gasteiger partial charge < -0.3 is 10.4 Å². The number of hydrogen-bond donors (Lipinski definition) is 2. The molecule has 2 aromatic rings. The van der Waals surface area contributed by atoms with Crippen LogP contribution in [0.15, 0.2) is 29.6 Å². The second-order valence-electron chi connectivity index (χ2n) is 3.61. The summed E-state index contributed by atoms with van der Waals surface area (Å²) < 4.78 is 0. The Hall–Kier alpha value is -1.39. The zero-order chi connectivity index (χ0) is 11.4. The second-order valence-corrected chi connectivity index (χ2v) is 4.55. The number of benzene rings is 1. The molecular weight excluding hydrogens is 220 g/mol. The van der Waals surface area contributed by atoms with E-state index >= 15 is 0 Å². The van der Waals surface area contributed by atoms with Gasteiger partial charge in [-0.25, -0.2) is 4.98 Å². The summed E-state index contributed by atoms with van der Waals surface area (Å²) in [5.74, 6) is 0. The Morgan fingerprint density at radius 2 is 2.06 bits per heavy atom. The van der Waals surface area contributed by atoms with Crippen LogP contribution < -0.4 is 5.32 Å². The Balaban J connectivity index is 1.94. The molecule has 2 N–H and O–H groups in total. The molecule has 0 saturated carbocycles. The van der Waals surface area contributed by atoms with Crippen LogP contribution in [-0.4, -0.2) is 10.1 Å². The third-order valence-electron chi connectivity index (χ3n) is 2.26.